The average molecular weight is 1220 g/mol. The Balaban J connectivity index is 1.03. The van der Waals surface area contributed by atoms with Crippen LogP contribution >= 0.6 is 43.5 Å². The molecule has 0 N–H and O–H groups in total. The third kappa shape index (κ3) is 9.17. The van der Waals surface area contributed by atoms with Crippen LogP contribution in [0.15, 0.2) is 317 Å². The molecular formula is C78H48Br2ClN3. The molecule has 0 unspecified atom stereocenters. The second-order valence-electron chi connectivity index (χ2n) is 21.1. The summed E-state index contributed by atoms with van der Waals surface area (Å²) in [5, 5.41) is 0.582. The van der Waals surface area contributed by atoms with Crippen LogP contribution < -0.4 is 14.7 Å². The van der Waals surface area contributed by atoms with Crippen LogP contribution in [0.25, 0.3) is 77.9 Å². The molecule has 0 atom stereocenters. The molecule has 15 rings (SSSR count). The molecule has 0 radical (unpaired) electrons. The molecular weight excluding hydrogens is 1170 g/mol. The average Bonchev–Trinajstić information content (AvgIpc) is 0.925. The Morgan fingerprint density at radius 3 is 1.14 bits per heavy atom. The zero-order valence-corrected chi connectivity index (χ0v) is 49.1. The summed E-state index contributed by atoms with van der Waals surface area (Å²) in [6.07, 6.45) is 2.10. The normalized spacial score (nSPS) is 12.9. The molecule has 3 nitrogen and oxygen atoms in total. The molecule has 0 spiro atoms. The van der Waals surface area contributed by atoms with E-state index in [4.69, 9.17) is 11.6 Å². The van der Waals surface area contributed by atoms with Gasteiger partial charge in [0.25, 0.3) is 0 Å². The Morgan fingerprint density at radius 1 is 0.286 bits per heavy atom. The fourth-order valence-corrected chi connectivity index (χ4v) is 13.2. The molecule has 2 aliphatic heterocycles. The second kappa shape index (κ2) is 21.6. The van der Waals surface area contributed by atoms with Gasteiger partial charge in [-0.2, -0.15) is 0 Å². The van der Waals surface area contributed by atoms with Crippen molar-refractivity contribution in [2.75, 3.05) is 14.7 Å². The highest BCUT2D eigenvalue weighted by Gasteiger charge is 2.43. The van der Waals surface area contributed by atoms with Crippen molar-refractivity contribution in [2.24, 2.45) is 0 Å². The molecule has 0 aromatic heterocycles. The lowest BCUT2D eigenvalue weighted by atomic mass is 9.88. The lowest BCUT2D eigenvalue weighted by Gasteiger charge is -2.48. The minimum Gasteiger partial charge on any atom is -0.305 e. The molecule has 3 aliphatic rings. The zero-order valence-electron chi connectivity index (χ0n) is 45.2. The van der Waals surface area contributed by atoms with Crippen molar-refractivity contribution in [3.8, 4) is 66.8 Å². The monoisotopic (exact) mass is 1220 g/mol. The van der Waals surface area contributed by atoms with Gasteiger partial charge in [0.1, 0.15) is 0 Å². The van der Waals surface area contributed by atoms with E-state index in [1.807, 2.05) is 0 Å². The smallest absolute Gasteiger partial charge is 0.0949 e. The number of hydrogen-bond donors (Lipinski definition) is 0. The highest BCUT2D eigenvalue weighted by Crippen LogP contribution is 2.66. The Bertz CT molecular complexity index is 4630. The van der Waals surface area contributed by atoms with Crippen molar-refractivity contribution in [3.05, 3.63) is 333 Å². The number of benzene rings is 12. The fraction of sp³-hybridized carbons (Fsp3) is 0. The first-order chi connectivity index (χ1) is 41.4. The molecule has 2 heterocycles. The fourth-order valence-electron chi connectivity index (χ4n) is 12.3. The summed E-state index contributed by atoms with van der Waals surface area (Å²) in [6.45, 7) is 0. The van der Waals surface area contributed by atoms with E-state index in [0.717, 1.165) is 149 Å². The minimum absolute atomic E-state index is 0.582. The van der Waals surface area contributed by atoms with Gasteiger partial charge >= 0.3 is 0 Å². The molecule has 12 aromatic carbocycles. The maximum Gasteiger partial charge on any atom is 0.0949 e. The van der Waals surface area contributed by atoms with Crippen molar-refractivity contribution >= 4 is 100 Å². The molecule has 12 aromatic rings. The molecule has 0 bridgehead atoms. The maximum atomic E-state index is 7.83. The Kier molecular flexibility index (Phi) is 13.2. The summed E-state index contributed by atoms with van der Waals surface area (Å²) in [4.78, 5) is 7.34. The molecule has 6 heteroatoms. The van der Waals surface area contributed by atoms with E-state index >= 15 is 0 Å². The van der Waals surface area contributed by atoms with Crippen LogP contribution in [0.4, 0.5) is 45.5 Å². The first kappa shape index (κ1) is 51.2. The number of para-hydroxylation sites is 1. The molecule has 1 aliphatic carbocycles. The highest BCUT2D eigenvalue weighted by atomic mass is 79.9. The third-order valence-corrected chi connectivity index (χ3v) is 17.3. The number of rotatable bonds is 10. The maximum absolute atomic E-state index is 7.83. The number of nitrogens with zero attached hydrogens (tertiary/aromatic N) is 3. The van der Waals surface area contributed by atoms with Crippen molar-refractivity contribution in [3.63, 3.8) is 0 Å². The molecule has 0 fully saturated rings. The van der Waals surface area contributed by atoms with Crippen LogP contribution in [0.2, 0.25) is 5.02 Å². The molecule has 0 amide bonds. The summed E-state index contributed by atoms with van der Waals surface area (Å²) < 4.78 is 1.89. The number of hydrogen-bond acceptors (Lipinski definition) is 3. The van der Waals surface area contributed by atoms with Crippen LogP contribution in [0, 0.1) is 0 Å². The van der Waals surface area contributed by atoms with Gasteiger partial charge in [-0.3, -0.25) is 0 Å². The van der Waals surface area contributed by atoms with Gasteiger partial charge in [-0.25, -0.2) is 0 Å². The predicted molar refractivity (Wildman–Crippen MR) is 359 cm³/mol. The highest BCUT2D eigenvalue weighted by molar-refractivity contribution is 9.10. The standard InChI is InChI=1S/C78H48Br2ClN3/c79-63-39-41-70-72(47-63)83(76-66(59-31-13-27-55(43-59)51-19-5-1-6-20-51)35-17-36-67(76)60-32-14-28-56(44-60)52-21-7-2-8-22-52)74-49-65(81)50-75-78(74)82(70)71-42-40-64(80)48-73(71)84(75)77-68(61-33-15-29-57(45-61)53-23-9-3-10-24-53)37-18-38-69(77)62-34-16-30-58(46-62)54-25-11-4-12-26-54/h1-17,19-37,39-50H. The van der Waals surface area contributed by atoms with Crippen LogP contribution in [0.3, 0.4) is 0 Å². The van der Waals surface area contributed by atoms with Crippen LogP contribution in [0.5, 0.6) is 0 Å². The van der Waals surface area contributed by atoms with Crippen molar-refractivity contribution in [2.45, 2.75) is 0 Å². The van der Waals surface area contributed by atoms with E-state index in [0.29, 0.717) is 5.02 Å². The van der Waals surface area contributed by atoms with Gasteiger partial charge in [-0.05, 0) is 146 Å². The van der Waals surface area contributed by atoms with Gasteiger partial charge in [0.15, 0.2) is 0 Å². The Morgan fingerprint density at radius 2 is 0.655 bits per heavy atom. The van der Waals surface area contributed by atoms with Gasteiger partial charge in [0.05, 0.1) is 56.8 Å². The van der Waals surface area contributed by atoms with Gasteiger partial charge in [-0.1, -0.05) is 267 Å². The number of allylic oxidation sites excluding steroid dienone is 3. The van der Waals surface area contributed by atoms with Crippen LogP contribution in [-0.4, -0.2) is 0 Å². The van der Waals surface area contributed by atoms with E-state index in [2.05, 4.69) is 349 Å². The lowest BCUT2D eigenvalue weighted by Crippen LogP contribution is -2.32. The predicted octanol–water partition coefficient (Wildman–Crippen LogP) is 23.4. The summed E-state index contributed by atoms with van der Waals surface area (Å²) in [7, 11) is 0. The quantitative estimate of drug-likeness (QED) is 0.126. The second-order valence-corrected chi connectivity index (χ2v) is 23.4. The SMILES string of the molecule is Clc1cc2c3c(c1)N(c1c(-c4cccc(-c5ccccc5)c4)cccc1-c1cccc(-c4ccccc4)c1)c1cc(Br)ccc1N3c1ccc(Br)cc1N2C1=C(c2cccc(-c3ccccc3)c2)C=C=C=C1c1cccc(-c2ccccc2)c1. The summed E-state index contributed by atoms with van der Waals surface area (Å²) in [6, 6.07) is 102. The number of anilines is 8. The van der Waals surface area contributed by atoms with Crippen molar-refractivity contribution in [1.82, 2.24) is 0 Å². The van der Waals surface area contributed by atoms with E-state index in [1.165, 1.54) is 0 Å². The van der Waals surface area contributed by atoms with Gasteiger partial charge < -0.3 is 14.7 Å². The van der Waals surface area contributed by atoms with E-state index in [1.54, 1.807) is 0 Å². The first-order valence-corrected chi connectivity index (χ1v) is 29.9. The van der Waals surface area contributed by atoms with Gasteiger partial charge in [0, 0.05) is 30.7 Å². The van der Waals surface area contributed by atoms with E-state index in [9.17, 15) is 0 Å². The van der Waals surface area contributed by atoms with E-state index in [-0.39, 0.29) is 0 Å². The molecule has 84 heavy (non-hydrogen) atoms. The summed E-state index contributed by atoms with van der Waals surface area (Å²) in [5.41, 5.74) is 33.3. The van der Waals surface area contributed by atoms with Crippen molar-refractivity contribution in [1.29, 1.82) is 0 Å². The van der Waals surface area contributed by atoms with Crippen LogP contribution in [0.1, 0.15) is 11.1 Å². The third-order valence-electron chi connectivity index (χ3n) is 16.1. The molecule has 396 valence electrons. The summed E-state index contributed by atoms with van der Waals surface area (Å²) >= 11 is 15.8. The largest absolute Gasteiger partial charge is 0.305 e. The number of halogens is 3. The van der Waals surface area contributed by atoms with Crippen LogP contribution in [-0.2, 0) is 0 Å². The van der Waals surface area contributed by atoms with Gasteiger partial charge in [-0.15, -0.1) is 0 Å². The van der Waals surface area contributed by atoms with Gasteiger partial charge in [0.2, 0.25) is 0 Å². The topological polar surface area (TPSA) is 9.72 Å². The Labute approximate surface area is 511 Å². The number of fused-ring (bicyclic) bond motifs is 4. The Hall–Kier alpha value is -9.67. The molecule has 0 saturated heterocycles. The zero-order chi connectivity index (χ0) is 56.3. The first-order valence-electron chi connectivity index (χ1n) is 28.0. The lowest BCUT2D eigenvalue weighted by molar-refractivity contribution is 1.10. The van der Waals surface area contributed by atoms with E-state index < -0.39 is 0 Å². The molecule has 0 saturated carbocycles. The minimum atomic E-state index is 0.582. The van der Waals surface area contributed by atoms with Crippen molar-refractivity contribution < 1.29 is 0 Å². The summed E-state index contributed by atoms with van der Waals surface area (Å²) in [5.74, 6) is 0.